The number of hydrogen-bond acceptors (Lipinski definition) is 0. The van der Waals surface area contributed by atoms with Crippen LogP contribution in [0.1, 0.15) is 83.8 Å². The van der Waals surface area contributed by atoms with E-state index < -0.39 is 10.0 Å². The van der Waals surface area contributed by atoms with Crippen LogP contribution in [-0.4, -0.2) is 17.3 Å². The highest BCUT2D eigenvalue weighted by Crippen LogP contribution is 2.61. The van der Waals surface area contributed by atoms with Crippen molar-refractivity contribution in [1.29, 1.82) is 0 Å². The number of hydrogen-bond donors (Lipinski definition) is 0. The molecule has 2 rings (SSSR count). The van der Waals surface area contributed by atoms with Crippen LogP contribution < -0.4 is 0 Å². The van der Waals surface area contributed by atoms with Gasteiger partial charge in [0.05, 0.1) is 0 Å². The van der Waals surface area contributed by atoms with Gasteiger partial charge < -0.3 is 0 Å². The summed E-state index contributed by atoms with van der Waals surface area (Å²) in [6, 6.07) is 9.28. The number of aryl methyl sites for hydroxylation is 1. The average molecular weight is 373 g/mol. The third-order valence-electron chi connectivity index (χ3n) is 5.79. The Morgan fingerprint density at radius 1 is 0.731 bits per heavy atom. The summed E-state index contributed by atoms with van der Waals surface area (Å²) in [5, 5.41) is 0. The average Bonchev–Trinajstić information content (AvgIpc) is 3.18. The lowest BCUT2D eigenvalue weighted by Crippen LogP contribution is -2.16. The maximum atomic E-state index is 2.53. The standard InChI is InChI=1S/C25H40S/c1-5-9-18-26(19-10-6-2,20-11-7-3)25-17-16-24(21-25)23-14-12-22(8-4)13-15-23/h12-17H,5-11,18-21H2,1-4H3. The molecule has 0 amide bonds. The first kappa shape index (κ1) is 21.4. The molecule has 0 atom stereocenters. The third kappa shape index (κ3) is 5.52. The van der Waals surface area contributed by atoms with Crippen molar-refractivity contribution in [3.8, 4) is 0 Å². The minimum Gasteiger partial charge on any atom is -0.218 e. The number of unbranched alkanes of at least 4 members (excludes halogenated alkanes) is 3. The molecule has 146 valence electrons. The highest BCUT2D eigenvalue weighted by molar-refractivity contribution is 8.36. The molecule has 0 N–H and O–H groups in total. The van der Waals surface area contributed by atoms with Crippen molar-refractivity contribution in [1.82, 2.24) is 0 Å². The molecule has 0 heterocycles. The van der Waals surface area contributed by atoms with Crippen molar-refractivity contribution in [2.24, 2.45) is 0 Å². The molecule has 1 aliphatic carbocycles. The minimum absolute atomic E-state index is 0.606. The zero-order valence-corrected chi connectivity index (χ0v) is 18.5. The van der Waals surface area contributed by atoms with E-state index >= 15 is 0 Å². The Morgan fingerprint density at radius 2 is 1.27 bits per heavy atom. The summed E-state index contributed by atoms with van der Waals surface area (Å²) in [6.07, 6.45) is 15.5. The smallest absolute Gasteiger partial charge is 0.00255 e. The van der Waals surface area contributed by atoms with Gasteiger partial charge in [0, 0.05) is 6.42 Å². The van der Waals surface area contributed by atoms with E-state index in [1.807, 2.05) is 4.91 Å². The lowest BCUT2D eigenvalue weighted by Gasteiger charge is -2.43. The van der Waals surface area contributed by atoms with Crippen molar-refractivity contribution in [3.05, 3.63) is 52.4 Å². The van der Waals surface area contributed by atoms with Crippen LogP contribution in [0.25, 0.3) is 5.57 Å². The van der Waals surface area contributed by atoms with Crippen molar-refractivity contribution < 1.29 is 0 Å². The topological polar surface area (TPSA) is 0 Å². The van der Waals surface area contributed by atoms with E-state index in [-0.39, 0.29) is 0 Å². The van der Waals surface area contributed by atoms with E-state index in [0.717, 1.165) is 6.42 Å². The second-order valence-corrected chi connectivity index (χ2v) is 11.6. The monoisotopic (exact) mass is 372 g/mol. The zero-order valence-electron chi connectivity index (χ0n) is 17.7. The predicted octanol–water partition coefficient (Wildman–Crippen LogP) is 8.12. The largest absolute Gasteiger partial charge is 0.218 e. The molecule has 0 bridgehead atoms. The van der Waals surface area contributed by atoms with Crippen LogP contribution in [0.2, 0.25) is 0 Å². The van der Waals surface area contributed by atoms with Gasteiger partial charge in [0.1, 0.15) is 0 Å². The summed E-state index contributed by atoms with van der Waals surface area (Å²) in [6.45, 7) is 9.29. The molecule has 0 aliphatic heterocycles. The highest BCUT2D eigenvalue weighted by atomic mass is 32.3. The van der Waals surface area contributed by atoms with Crippen molar-refractivity contribution in [2.75, 3.05) is 17.3 Å². The Kier molecular flexibility index (Phi) is 9.05. The summed E-state index contributed by atoms with van der Waals surface area (Å²) in [5.41, 5.74) is 4.42. The maximum Gasteiger partial charge on any atom is 0.00255 e. The zero-order chi connectivity index (χ0) is 18.8. The van der Waals surface area contributed by atoms with Gasteiger partial charge >= 0.3 is 0 Å². The molecule has 1 aliphatic rings. The first-order chi connectivity index (χ1) is 12.7. The van der Waals surface area contributed by atoms with Gasteiger partial charge in [-0.1, -0.05) is 83.4 Å². The van der Waals surface area contributed by atoms with Gasteiger partial charge in [0.15, 0.2) is 0 Å². The first-order valence-corrected chi connectivity index (χ1v) is 13.1. The van der Waals surface area contributed by atoms with Crippen molar-refractivity contribution in [2.45, 2.75) is 79.1 Å². The Labute approximate surface area is 164 Å². The van der Waals surface area contributed by atoms with Gasteiger partial charge in [-0.2, -0.15) is 0 Å². The Morgan fingerprint density at radius 3 is 1.73 bits per heavy atom. The van der Waals surface area contributed by atoms with Crippen LogP contribution in [0.4, 0.5) is 0 Å². The van der Waals surface area contributed by atoms with E-state index in [9.17, 15) is 0 Å². The lowest BCUT2D eigenvalue weighted by molar-refractivity contribution is 0.848. The van der Waals surface area contributed by atoms with Gasteiger partial charge in [0.25, 0.3) is 0 Å². The molecule has 0 saturated carbocycles. The Balaban J connectivity index is 2.16. The summed E-state index contributed by atoms with van der Waals surface area (Å²) in [4.78, 5) is 1.81. The molecular weight excluding hydrogens is 332 g/mol. The highest BCUT2D eigenvalue weighted by Gasteiger charge is 2.29. The predicted molar refractivity (Wildman–Crippen MR) is 123 cm³/mol. The van der Waals surface area contributed by atoms with Crippen molar-refractivity contribution >= 4 is 15.6 Å². The van der Waals surface area contributed by atoms with E-state index in [2.05, 4.69) is 64.1 Å². The van der Waals surface area contributed by atoms with Crippen LogP contribution in [0.15, 0.2) is 41.3 Å². The van der Waals surface area contributed by atoms with E-state index in [1.54, 1.807) is 5.57 Å². The number of rotatable bonds is 12. The first-order valence-electron chi connectivity index (χ1n) is 10.9. The molecule has 0 aromatic heterocycles. The molecule has 1 aromatic carbocycles. The van der Waals surface area contributed by atoms with Gasteiger partial charge in [-0.25, -0.2) is 10.0 Å². The second-order valence-electron chi connectivity index (χ2n) is 7.77. The molecular formula is C25H40S. The second kappa shape index (κ2) is 11.0. The molecule has 0 spiro atoms. The van der Waals surface area contributed by atoms with Crippen LogP contribution in [0.5, 0.6) is 0 Å². The van der Waals surface area contributed by atoms with E-state index in [0.29, 0.717) is 0 Å². The van der Waals surface area contributed by atoms with Crippen LogP contribution in [0, 0.1) is 0 Å². The molecule has 0 radical (unpaired) electrons. The maximum absolute atomic E-state index is 2.53. The summed E-state index contributed by atoms with van der Waals surface area (Å²) in [5.74, 6) is 4.39. The fourth-order valence-electron chi connectivity index (χ4n) is 3.91. The summed E-state index contributed by atoms with van der Waals surface area (Å²) in [7, 11) is -0.606. The molecule has 0 fully saturated rings. The molecule has 26 heavy (non-hydrogen) atoms. The van der Waals surface area contributed by atoms with E-state index in [1.165, 1.54) is 73.3 Å². The lowest BCUT2D eigenvalue weighted by atomic mass is 10.0. The Bertz CT molecular complexity index is 569. The number of benzene rings is 1. The molecule has 1 heteroatoms. The van der Waals surface area contributed by atoms with Crippen LogP contribution >= 0.6 is 10.0 Å². The number of allylic oxidation sites excluding steroid dienone is 4. The summed E-state index contributed by atoms with van der Waals surface area (Å²) < 4.78 is 0. The normalized spacial score (nSPS) is 15.1. The third-order valence-corrected chi connectivity index (χ3v) is 10.4. The van der Waals surface area contributed by atoms with Crippen LogP contribution in [0.3, 0.4) is 0 Å². The fraction of sp³-hybridized carbons (Fsp3) is 0.600. The van der Waals surface area contributed by atoms with Gasteiger partial charge in [-0.15, -0.1) is 0 Å². The minimum atomic E-state index is -0.606. The van der Waals surface area contributed by atoms with E-state index in [4.69, 9.17) is 0 Å². The molecule has 0 nitrogen and oxygen atoms in total. The van der Waals surface area contributed by atoms with Gasteiger partial charge in [-0.3, -0.25) is 0 Å². The molecule has 1 aromatic rings. The SMILES string of the molecule is CCCCS(CCCC)(CCCC)C1=CC=C(c2ccc(CC)cc2)C1. The van der Waals surface area contributed by atoms with Crippen molar-refractivity contribution in [3.63, 3.8) is 0 Å². The fourth-order valence-corrected chi connectivity index (χ4v) is 8.65. The Hall–Kier alpha value is -0.950. The molecule has 0 unspecified atom stereocenters. The quantitative estimate of drug-likeness (QED) is 0.347. The summed E-state index contributed by atoms with van der Waals surface area (Å²) >= 11 is 0. The van der Waals surface area contributed by atoms with Gasteiger partial charge in [-0.05, 0) is 64.5 Å². The molecule has 0 saturated heterocycles. The van der Waals surface area contributed by atoms with Crippen LogP contribution in [-0.2, 0) is 6.42 Å². The van der Waals surface area contributed by atoms with Gasteiger partial charge in [0.2, 0.25) is 0 Å².